The highest BCUT2D eigenvalue weighted by Gasteiger charge is 2.23. The van der Waals surface area contributed by atoms with E-state index in [2.05, 4.69) is 36.2 Å². The van der Waals surface area contributed by atoms with E-state index in [9.17, 15) is 5.11 Å². The van der Waals surface area contributed by atoms with E-state index in [1.165, 1.54) is 0 Å². The van der Waals surface area contributed by atoms with Crippen molar-refractivity contribution < 1.29 is 9.84 Å². The lowest BCUT2D eigenvalue weighted by atomic mass is 9.95. The molecule has 30 heavy (non-hydrogen) atoms. The van der Waals surface area contributed by atoms with Gasteiger partial charge in [-0.25, -0.2) is 15.0 Å². The zero-order valence-electron chi connectivity index (χ0n) is 16.5. The summed E-state index contributed by atoms with van der Waals surface area (Å²) >= 11 is 3.61. The van der Waals surface area contributed by atoms with Crippen LogP contribution in [0.2, 0.25) is 0 Å². The third-order valence-electron chi connectivity index (χ3n) is 5.44. The van der Waals surface area contributed by atoms with Crippen LogP contribution in [0, 0.1) is 6.92 Å². The summed E-state index contributed by atoms with van der Waals surface area (Å²) in [5.74, 6) is 2.10. The molecule has 0 saturated heterocycles. The number of nitrogens with one attached hydrogen (secondary N) is 2. The number of aryl methyl sites for hydroxylation is 1. The van der Waals surface area contributed by atoms with E-state index < -0.39 is 0 Å². The standard InChI is InChI=1S/C22H22BrN5O2/c1-12-25-18-9-3-14(10-19(18)26-12)27-22-24-11-13-2-8-17(23)21(20(13)28-22)30-16-6-4-15(29)5-7-16/h2-3,8-11,15-16,29H,4-7H2,1H3,(H,25,26)(H,24,27,28)/t15-,16+. The molecule has 7 nitrogen and oxygen atoms in total. The van der Waals surface area contributed by atoms with Crippen molar-refractivity contribution in [3.05, 3.63) is 46.8 Å². The Morgan fingerprint density at radius 2 is 1.97 bits per heavy atom. The van der Waals surface area contributed by atoms with Gasteiger partial charge >= 0.3 is 0 Å². The van der Waals surface area contributed by atoms with Crippen molar-refractivity contribution in [1.82, 2.24) is 19.9 Å². The highest BCUT2D eigenvalue weighted by atomic mass is 79.9. The Hall–Kier alpha value is -2.71. The van der Waals surface area contributed by atoms with Gasteiger partial charge in [0.2, 0.25) is 5.95 Å². The van der Waals surface area contributed by atoms with Crippen LogP contribution in [-0.2, 0) is 0 Å². The number of aromatic amines is 1. The van der Waals surface area contributed by atoms with E-state index in [1.807, 2.05) is 37.3 Å². The summed E-state index contributed by atoms with van der Waals surface area (Å²) in [6, 6.07) is 9.85. The molecule has 0 atom stereocenters. The van der Waals surface area contributed by atoms with Crippen LogP contribution in [0.1, 0.15) is 31.5 Å². The summed E-state index contributed by atoms with van der Waals surface area (Å²) in [5.41, 5.74) is 3.52. The molecule has 5 rings (SSSR count). The average molecular weight is 468 g/mol. The fourth-order valence-corrected chi connectivity index (χ4v) is 4.31. The molecule has 154 valence electrons. The molecule has 8 heteroatoms. The first kappa shape index (κ1) is 19.3. The molecule has 0 spiro atoms. The number of imidazole rings is 1. The Morgan fingerprint density at radius 3 is 2.80 bits per heavy atom. The first-order valence-corrected chi connectivity index (χ1v) is 10.9. The van der Waals surface area contributed by atoms with Crippen LogP contribution in [0.15, 0.2) is 41.0 Å². The summed E-state index contributed by atoms with van der Waals surface area (Å²) < 4.78 is 7.19. The lowest BCUT2D eigenvalue weighted by molar-refractivity contribution is 0.0669. The zero-order chi connectivity index (χ0) is 20.7. The van der Waals surface area contributed by atoms with Crippen molar-refractivity contribution in [1.29, 1.82) is 0 Å². The van der Waals surface area contributed by atoms with Gasteiger partial charge in [-0.3, -0.25) is 0 Å². The molecule has 2 aromatic carbocycles. The van der Waals surface area contributed by atoms with E-state index in [0.29, 0.717) is 5.95 Å². The Kier molecular flexibility index (Phi) is 5.04. The van der Waals surface area contributed by atoms with Gasteiger partial charge in [-0.2, -0.15) is 0 Å². The number of hydrogen-bond acceptors (Lipinski definition) is 6. The molecule has 0 bridgehead atoms. The van der Waals surface area contributed by atoms with E-state index in [-0.39, 0.29) is 12.2 Å². The highest BCUT2D eigenvalue weighted by molar-refractivity contribution is 9.10. The monoisotopic (exact) mass is 467 g/mol. The van der Waals surface area contributed by atoms with Gasteiger partial charge in [0.25, 0.3) is 0 Å². The largest absolute Gasteiger partial charge is 0.487 e. The molecule has 3 N–H and O–H groups in total. The van der Waals surface area contributed by atoms with Crippen LogP contribution in [0.25, 0.3) is 21.9 Å². The SMILES string of the molecule is Cc1nc2ccc(Nc3ncc4ccc(Br)c(O[C@H]5CC[C@@H](O)CC5)c4n3)cc2[nH]1. The second kappa shape index (κ2) is 7.85. The number of benzene rings is 2. The first-order chi connectivity index (χ1) is 14.5. The van der Waals surface area contributed by atoms with Gasteiger partial charge in [0.1, 0.15) is 11.3 Å². The second-order valence-electron chi connectivity index (χ2n) is 7.74. The fourth-order valence-electron chi connectivity index (χ4n) is 3.89. The number of ether oxygens (including phenoxy) is 1. The van der Waals surface area contributed by atoms with Crippen LogP contribution in [0.5, 0.6) is 5.75 Å². The zero-order valence-corrected chi connectivity index (χ0v) is 18.1. The van der Waals surface area contributed by atoms with Crippen molar-refractivity contribution in [3.8, 4) is 5.75 Å². The van der Waals surface area contributed by atoms with Gasteiger partial charge in [-0.05, 0) is 78.9 Å². The van der Waals surface area contributed by atoms with E-state index >= 15 is 0 Å². The number of fused-ring (bicyclic) bond motifs is 2. The smallest absolute Gasteiger partial charge is 0.227 e. The average Bonchev–Trinajstić information content (AvgIpc) is 3.11. The topological polar surface area (TPSA) is 96.0 Å². The van der Waals surface area contributed by atoms with Crippen molar-refractivity contribution in [2.24, 2.45) is 0 Å². The van der Waals surface area contributed by atoms with Gasteiger partial charge in [0, 0.05) is 17.3 Å². The molecular weight excluding hydrogens is 446 g/mol. The predicted octanol–water partition coefficient (Wildman–Crippen LogP) is 5.00. The normalized spacial score (nSPS) is 19.3. The maximum atomic E-state index is 9.76. The van der Waals surface area contributed by atoms with Crippen LogP contribution < -0.4 is 10.1 Å². The highest BCUT2D eigenvalue weighted by Crippen LogP contribution is 2.36. The fraction of sp³-hybridized carbons (Fsp3) is 0.318. The van der Waals surface area contributed by atoms with Crippen molar-refractivity contribution in [2.75, 3.05) is 5.32 Å². The van der Waals surface area contributed by atoms with Gasteiger partial charge in [0.15, 0.2) is 5.75 Å². The summed E-state index contributed by atoms with van der Waals surface area (Å²) in [4.78, 5) is 16.9. The Balaban J connectivity index is 1.46. The molecule has 1 aliphatic rings. The number of aromatic nitrogens is 4. The van der Waals surface area contributed by atoms with Gasteiger partial charge in [0.05, 0.1) is 27.7 Å². The molecule has 1 fully saturated rings. The third kappa shape index (κ3) is 3.85. The molecule has 0 amide bonds. The molecule has 1 saturated carbocycles. The van der Waals surface area contributed by atoms with Gasteiger partial charge < -0.3 is 20.1 Å². The number of aliphatic hydroxyl groups excluding tert-OH is 1. The number of anilines is 2. The molecule has 4 aromatic rings. The van der Waals surface area contributed by atoms with Crippen molar-refractivity contribution >= 4 is 49.5 Å². The van der Waals surface area contributed by atoms with Crippen LogP contribution in [0.4, 0.5) is 11.6 Å². The van der Waals surface area contributed by atoms with E-state index in [4.69, 9.17) is 9.72 Å². The maximum Gasteiger partial charge on any atom is 0.227 e. The van der Waals surface area contributed by atoms with E-state index in [1.54, 1.807) is 6.20 Å². The van der Waals surface area contributed by atoms with Crippen LogP contribution >= 0.6 is 15.9 Å². The molecule has 1 aliphatic carbocycles. The molecule has 2 heterocycles. The Morgan fingerprint density at radius 1 is 1.13 bits per heavy atom. The first-order valence-electron chi connectivity index (χ1n) is 10.1. The van der Waals surface area contributed by atoms with Crippen molar-refractivity contribution in [3.63, 3.8) is 0 Å². The predicted molar refractivity (Wildman–Crippen MR) is 120 cm³/mol. The van der Waals surface area contributed by atoms with Crippen LogP contribution in [-0.4, -0.2) is 37.3 Å². The molecule has 2 aromatic heterocycles. The summed E-state index contributed by atoms with van der Waals surface area (Å²) in [6.45, 7) is 1.94. The third-order valence-corrected chi connectivity index (χ3v) is 6.07. The number of H-pyrrole nitrogens is 1. The van der Waals surface area contributed by atoms with Gasteiger partial charge in [-0.1, -0.05) is 0 Å². The lowest BCUT2D eigenvalue weighted by Gasteiger charge is -2.27. The number of halogens is 1. The second-order valence-corrected chi connectivity index (χ2v) is 8.59. The number of hydrogen-bond donors (Lipinski definition) is 3. The molecule has 0 unspecified atom stereocenters. The molecule has 0 aliphatic heterocycles. The quantitative estimate of drug-likeness (QED) is 0.390. The van der Waals surface area contributed by atoms with Crippen LogP contribution in [0.3, 0.4) is 0 Å². The Bertz CT molecular complexity index is 1220. The summed E-state index contributed by atoms with van der Waals surface area (Å²) in [6.07, 6.45) is 4.87. The minimum absolute atomic E-state index is 0.0766. The number of rotatable bonds is 4. The van der Waals surface area contributed by atoms with Gasteiger partial charge in [-0.15, -0.1) is 0 Å². The lowest BCUT2D eigenvalue weighted by Crippen LogP contribution is -2.26. The van der Waals surface area contributed by atoms with E-state index in [0.717, 1.165) is 69.4 Å². The molecular formula is C22H22BrN5O2. The van der Waals surface area contributed by atoms with Crippen molar-refractivity contribution in [2.45, 2.75) is 44.8 Å². The minimum atomic E-state index is -0.213. The minimum Gasteiger partial charge on any atom is -0.487 e. The number of aliphatic hydroxyl groups is 1. The summed E-state index contributed by atoms with van der Waals surface area (Å²) in [7, 11) is 0. The number of nitrogens with zero attached hydrogens (tertiary/aromatic N) is 3. The Labute approximate surface area is 182 Å². The summed E-state index contributed by atoms with van der Waals surface area (Å²) in [5, 5.41) is 14.0. The molecule has 0 radical (unpaired) electrons. The maximum absolute atomic E-state index is 9.76.